The van der Waals surface area contributed by atoms with Crippen molar-refractivity contribution in [2.45, 2.75) is 19.9 Å². The second kappa shape index (κ2) is 4.84. The summed E-state index contributed by atoms with van der Waals surface area (Å²) >= 11 is 0. The summed E-state index contributed by atoms with van der Waals surface area (Å²) in [7, 11) is 0. The lowest BCUT2D eigenvalue weighted by Crippen LogP contribution is -2.47. The van der Waals surface area contributed by atoms with Crippen LogP contribution in [0.4, 0.5) is 4.39 Å². The summed E-state index contributed by atoms with van der Waals surface area (Å²) in [6.45, 7) is 5.12. The first-order valence-electron chi connectivity index (χ1n) is 5.75. The van der Waals surface area contributed by atoms with Crippen LogP contribution in [0.1, 0.15) is 22.8 Å². The number of hydrogen-bond acceptors (Lipinski definition) is 2. The summed E-state index contributed by atoms with van der Waals surface area (Å²) in [5.74, 6) is -0.668. The Kier molecular flexibility index (Phi) is 3.43. The zero-order valence-corrected chi connectivity index (χ0v) is 10.1. The molecule has 1 aliphatic heterocycles. The van der Waals surface area contributed by atoms with Gasteiger partial charge in [-0.25, -0.2) is 4.39 Å². The van der Waals surface area contributed by atoms with Crippen molar-refractivity contribution in [2.24, 2.45) is 0 Å². The number of carbonyl (C=O) groups excluding carboxylic acids is 1. The molecule has 0 N–H and O–H groups in total. The molecule has 1 aliphatic rings. The lowest BCUT2D eigenvalue weighted by atomic mass is 10.1. The average Bonchev–Trinajstić information content (AvgIpc) is 2.32. The van der Waals surface area contributed by atoms with Gasteiger partial charge in [-0.1, -0.05) is 12.1 Å². The van der Waals surface area contributed by atoms with Crippen LogP contribution < -0.4 is 0 Å². The molecule has 0 unspecified atom stereocenters. The predicted molar refractivity (Wildman–Crippen MR) is 62.5 cm³/mol. The largest absolute Gasteiger partial charge is 0.377 e. The minimum absolute atomic E-state index is 0.00355. The maximum Gasteiger partial charge on any atom is 0.257 e. The first-order chi connectivity index (χ1) is 8.11. The maximum atomic E-state index is 13.9. The molecule has 1 heterocycles. The van der Waals surface area contributed by atoms with Gasteiger partial charge in [0.25, 0.3) is 5.91 Å². The summed E-state index contributed by atoms with van der Waals surface area (Å²) in [6, 6.07) is 4.90. The van der Waals surface area contributed by atoms with E-state index in [-0.39, 0.29) is 17.5 Å². The number of hydrogen-bond donors (Lipinski definition) is 0. The Morgan fingerprint density at radius 3 is 3.00 bits per heavy atom. The quantitative estimate of drug-likeness (QED) is 0.747. The molecule has 3 nitrogen and oxygen atoms in total. The molecule has 0 radical (unpaired) electrons. The fourth-order valence-corrected chi connectivity index (χ4v) is 2.00. The van der Waals surface area contributed by atoms with Gasteiger partial charge in [-0.05, 0) is 25.5 Å². The van der Waals surface area contributed by atoms with Crippen molar-refractivity contribution in [3.63, 3.8) is 0 Å². The SMILES string of the molecule is Cc1cccc(C(=O)N2CCOC[C@H]2C)c1F. The second-order valence-electron chi connectivity index (χ2n) is 4.36. The van der Waals surface area contributed by atoms with Gasteiger partial charge in [0.15, 0.2) is 0 Å². The van der Waals surface area contributed by atoms with E-state index >= 15 is 0 Å². The standard InChI is InChI=1S/C13H16FNO2/c1-9-4-3-5-11(12(9)14)13(16)15-6-7-17-8-10(15)2/h3-5,10H,6-8H2,1-2H3/t10-/m1/s1. The third-order valence-corrected chi connectivity index (χ3v) is 3.05. The van der Waals surface area contributed by atoms with Crippen molar-refractivity contribution in [3.05, 3.63) is 35.1 Å². The van der Waals surface area contributed by atoms with E-state index in [4.69, 9.17) is 4.74 Å². The van der Waals surface area contributed by atoms with E-state index in [0.717, 1.165) is 0 Å². The Labute approximate surface area is 100 Å². The fourth-order valence-electron chi connectivity index (χ4n) is 2.00. The zero-order chi connectivity index (χ0) is 12.4. The zero-order valence-electron chi connectivity index (χ0n) is 10.1. The van der Waals surface area contributed by atoms with Gasteiger partial charge in [-0.15, -0.1) is 0 Å². The molecule has 17 heavy (non-hydrogen) atoms. The van der Waals surface area contributed by atoms with Crippen LogP contribution in [0.25, 0.3) is 0 Å². The molecule has 1 saturated heterocycles. The van der Waals surface area contributed by atoms with Crippen molar-refractivity contribution in [3.8, 4) is 0 Å². The summed E-state index contributed by atoms with van der Waals surface area (Å²) in [6.07, 6.45) is 0. The highest BCUT2D eigenvalue weighted by molar-refractivity contribution is 5.95. The maximum absolute atomic E-state index is 13.9. The molecule has 92 valence electrons. The summed E-state index contributed by atoms with van der Waals surface area (Å²) < 4.78 is 19.1. The van der Waals surface area contributed by atoms with Crippen LogP contribution >= 0.6 is 0 Å². The number of aryl methyl sites for hydroxylation is 1. The normalized spacial score (nSPS) is 20.4. The molecule has 2 rings (SSSR count). The van der Waals surface area contributed by atoms with Crippen molar-refractivity contribution in [1.82, 2.24) is 4.90 Å². The molecule has 1 aromatic carbocycles. The molecule has 4 heteroatoms. The van der Waals surface area contributed by atoms with E-state index in [9.17, 15) is 9.18 Å². The second-order valence-corrected chi connectivity index (χ2v) is 4.36. The molecular formula is C13H16FNO2. The van der Waals surface area contributed by atoms with Gasteiger partial charge in [0.05, 0.1) is 24.8 Å². The Balaban J connectivity index is 2.27. The van der Waals surface area contributed by atoms with E-state index < -0.39 is 5.82 Å². The third kappa shape index (κ3) is 2.31. The number of morpholine rings is 1. The van der Waals surface area contributed by atoms with Gasteiger partial charge in [0.1, 0.15) is 5.82 Å². The molecule has 0 saturated carbocycles. The Hall–Kier alpha value is -1.42. The fraction of sp³-hybridized carbons (Fsp3) is 0.462. The van der Waals surface area contributed by atoms with Crippen LogP contribution in [0.15, 0.2) is 18.2 Å². The smallest absolute Gasteiger partial charge is 0.257 e. The molecule has 0 bridgehead atoms. The van der Waals surface area contributed by atoms with Gasteiger partial charge in [0.2, 0.25) is 0 Å². The summed E-state index contributed by atoms with van der Waals surface area (Å²) in [5.41, 5.74) is 0.649. The monoisotopic (exact) mass is 237 g/mol. The van der Waals surface area contributed by atoms with E-state index in [2.05, 4.69) is 0 Å². The highest BCUT2D eigenvalue weighted by Gasteiger charge is 2.26. The van der Waals surface area contributed by atoms with Gasteiger partial charge in [-0.2, -0.15) is 0 Å². The van der Waals surface area contributed by atoms with Crippen molar-refractivity contribution < 1.29 is 13.9 Å². The summed E-state index contributed by atoms with van der Waals surface area (Å²) in [4.78, 5) is 13.9. The van der Waals surface area contributed by atoms with Gasteiger partial charge >= 0.3 is 0 Å². The number of halogens is 1. The Bertz CT molecular complexity index is 433. The molecule has 0 aliphatic carbocycles. The highest BCUT2D eigenvalue weighted by atomic mass is 19.1. The molecule has 1 amide bonds. The van der Waals surface area contributed by atoms with E-state index in [1.54, 1.807) is 24.0 Å². The average molecular weight is 237 g/mol. The minimum atomic E-state index is -0.420. The van der Waals surface area contributed by atoms with Crippen molar-refractivity contribution >= 4 is 5.91 Å². The Morgan fingerprint density at radius 1 is 1.53 bits per heavy atom. The molecule has 1 fully saturated rings. The molecule has 0 spiro atoms. The van der Waals surface area contributed by atoms with Gasteiger partial charge in [-0.3, -0.25) is 4.79 Å². The molecular weight excluding hydrogens is 221 g/mol. The van der Waals surface area contributed by atoms with Gasteiger partial charge in [0, 0.05) is 6.54 Å². The number of carbonyl (C=O) groups is 1. The lowest BCUT2D eigenvalue weighted by molar-refractivity contribution is 0.00334. The molecule has 0 aromatic heterocycles. The van der Waals surface area contributed by atoms with E-state index in [0.29, 0.717) is 25.3 Å². The number of ether oxygens (including phenoxy) is 1. The number of nitrogens with zero attached hydrogens (tertiary/aromatic N) is 1. The number of rotatable bonds is 1. The van der Waals surface area contributed by atoms with Crippen LogP contribution in [-0.4, -0.2) is 36.6 Å². The topological polar surface area (TPSA) is 29.5 Å². The predicted octanol–water partition coefficient (Wildman–Crippen LogP) is 2.00. The van der Waals surface area contributed by atoms with Crippen LogP contribution in [0, 0.1) is 12.7 Å². The lowest BCUT2D eigenvalue weighted by Gasteiger charge is -2.33. The molecule has 1 aromatic rings. The minimum Gasteiger partial charge on any atom is -0.377 e. The first-order valence-corrected chi connectivity index (χ1v) is 5.75. The first kappa shape index (κ1) is 12.0. The summed E-state index contributed by atoms with van der Waals surface area (Å²) in [5, 5.41) is 0. The number of benzene rings is 1. The van der Waals surface area contributed by atoms with Gasteiger partial charge < -0.3 is 9.64 Å². The van der Waals surface area contributed by atoms with E-state index in [1.165, 1.54) is 6.07 Å². The van der Waals surface area contributed by atoms with Crippen LogP contribution in [-0.2, 0) is 4.74 Å². The van der Waals surface area contributed by atoms with Crippen molar-refractivity contribution in [2.75, 3.05) is 19.8 Å². The highest BCUT2D eigenvalue weighted by Crippen LogP contribution is 2.17. The molecule has 1 atom stereocenters. The Morgan fingerprint density at radius 2 is 2.29 bits per heavy atom. The van der Waals surface area contributed by atoms with Crippen LogP contribution in [0.2, 0.25) is 0 Å². The van der Waals surface area contributed by atoms with Crippen LogP contribution in [0.5, 0.6) is 0 Å². The van der Waals surface area contributed by atoms with Crippen molar-refractivity contribution in [1.29, 1.82) is 0 Å². The van der Waals surface area contributed by atoms with Crippen LogP contribution in [0.3, 0.4) is 0 Å². The number of amides is 1. The third-order valence-electron chi connectivity index (χ3n) is 3.05. The van der Waals surface area contributed by atoms with E-state index in [1.807, 2.05) is 6.92 Å².